The van der Waals surface area contributed by atoms with Crippen LogP contribution in [0.4, 0.5) is 0 Å². The predicted octanol–water partition coefficient (Wildman–Crippen LogP) is 1.48. The van der Waals surface area contributed by atoms with E-state index in [2.05, 4.69) is 15.2 Å². The lowest BCUT2D eigenvalue weighted by atomic mass is 10.1. The van der Waals surface area contributed by atoms with Gasteiger partial charge in [-0.1, -0.05) is 29.8 Å². The Morgan fingerprint density at radius 1 is 1.33 bits per heavy atom. The van der Waals surface area contributed by atoms with E-state index < -0.39 is 5.97 Å². The van der Waals surface area contributed by atoms with E-state index in [1.54, 1.807) is 0 Å². The van der Waals surface area contributed by atoms with Crippen LogP contribution in [0.1, 0.15) is 16.2 Å². The number of hydrogen-bond donors (Lipinski definition) is 2. The van der Waals surface area contributed by atoms with Crippen LogP contribution in [0.2, 0.25) is 0 Å². The molecule has 1 aromatic heterocycles. The van der Waals surface area contributed by atoms with Crippen LogP contribution in [0.5, 0.6) is 0 Å². The zero-order valence-corrected chi connectivity index (χ0v) is 8.06. The summed E-state index contributed by atoms with van der Waals surface area (Å²) in [5.74, 6) is -0.862. The minimum absolute atomic E-state index is 0.148. The third kappa shape index (κ3) is 1.85. The molecule has 0 saturated heterocycles. The molecule has 0 saturated carbocycles. The number of H-pyrrole nitrogens is 1. The number of nitrogens with one attached hydrogen (secondary N) is 1. The van der Waals surface area contributed by atoms with Gasteiger partial charge in [0.1, 0.15) is 0 Å². The number of aromatic amines is 1. The zero-order chi connectivity index (χ0) is 10.8. The Bertz CT molecular complexity index is 488. The van der Waals surface area contributed by atoms with E-state index in [1.807, 2.05) is 31.2 Å². The van der Waals surface area contributed by atoms with E-state index in [0.717, 1.165) is 11.1 Å². The fourth-order valence-corrected chi connectivity index (χ4v) is 1.19. The highest BCUT2D eigenvalue weighted by Gasteiger charge is 2.10. The lowest BCUT2D eigenvalue weighted by molar-refractivity contribution is 0.0684. The molecular weight excluding hydrogens is 194 g/mol. The lowest BCUT2D eigenvalue weighted by Crippen LogP contribution is -1.98. The monoisotopic (exact) mass is 203 g/mol. The smallest absolute Gasteiger partial charge is 0.373 e. The number of rotatable bonds is 2. The molecule has 5 heteroatoms. The number of benzene rings is 1. The van der Waals surface area contributed by atoms with E-state index in [9.17, 15) is 4.79 Å². The summed E-state index contributed by atoms with van der Waals surface area (Å²) in [5, 5.41) is 14.8. The van der Waals surface area contributed by atoms with Crippen LogP contribution in [-0.2, 0) is 0 Å². The van der Waals surface area contributed by atoms with Crippen LogP contribution in [0.25, 0.3) is 11.4 Å². The molecule has 5 nitrogen and oxygen atoms in total. The van der Waals surface area contributed by atoms with Crippen molar-refractivity contribution >= 4 is 5.97 Å². The third-order valence-electron chi connectivity index (χ3n) is 2.00. The Balaban J connectivity index is 2.37. The van der Waals surface area contributed by atoms with Crippen molar-refractivity contribution in [2.24, 2.45) is 0 Å². The third-order valence-corrected chi connectivity index (χ3v) is 2.00. The summed E-state index contributed by atoms with van der Waals surface area (Å²) in [4.78, 5) is 14.4. The van der Waals surface area contributed by atoms with Crippen molar-refractivity contribution in [2.45, 2.75) is 6.92 Å². The molecule has 0 amide bonds. The lowest BCUT2D eigenvalue weighted by Gasteiger charge is -1.94. The van der Waals surface area contributed by atoms with E-state index in [4.69, 9.17) is 5.11 Å². The van der Waals surface area contributed by atoms with Crippen LogP contribution in [0.3, 0.4) is 0 Å². The molecule has 0 spiro atoms. The molecule has 2 N–H and O–H groups in total. The first-order chi connectivity index (χ1) is 7.16. The standard InChI is InChI=1S/C10H9N3O2/c1-6-2-4-7(5-3-6)8-11-9(10(14)15)13-12-8/h2-5H,1H3,(H,14,15)(H,11,12,13). The molecule has 0 radical (unpaired) electrons. The van der Waals surface area contributed by atoms with Gasteiger partial charge in [0.05, 0.1) is 0 Å². The molecule has 1 aromatic carbocycles. The molecule has 76 valence electrons. The predicted molar refractivity (Wildman–Crippen MR) is 53.5 cm³/mol. The van der Waals surface area contributed by atoms with Gasteiger partial charge >= 0.3 is 5.97 Å². The van der Waals surface area contributed by atoms with Gasteiger partial charge in [0, 0.05) is 5.56 Å². The summed E-state index contributed by atoms with van der Waals surface area (Å²) in [5.41, 5.74) is 1.93. The molecule has 0 aliphatic rings. The van der Waals surface area contributed by atoms with E-state index in [1.165, 1.54) is 0 Å². The van der Waals surface area contributed by atoms with E-state index >= 15 is 0 Å². The number of aromatic nitrogens is 3. The summed E-state index contributed by atoms with van der Waals surface area (Å²) in [6.07, 6.45) is 0. The van der Waals surface area contributed by atoms with Gasteiger partial charge in [-0.2, -0.15) is 5.10 Å². The van der Waals surface area contributed by atoms with E-state index in [-0.39, 0.29) is 5.82 Å². The van der Waals surface area contributed by atoms with Gasteiger partial charge < -0.3 is 5.11 Å². The van der Waals surface area contributed by atoms with Crippen molar-refractivity contribution in [3.8, 4) is 11.4 Å². The molecule has 0 unspecified atom stereocenters. The second-order valence-electron chi connectivity index (χ2n) is 3.18. The van der Waals surface area contributed by atoms with Crippen LogP contribution in [0, 0.1) is 6.92 Å². The highest BCUT2D eigenvalue weighted by atomic mass is 16.4. The minimum Gasteiger partial charge on any atom is -0.475 e. The van der Waals surface area contributed by atoms with Gasteiger partial charge in [0.25, 0.3) is 0 Å². The number of aryl methyl sites for hydroxylation is 1. The first-order valence-corrected chi connectivity index (χ1v) is 4.39. The summed E-state index contributed by atoms with van der Waals surface area (Å²) >= 11 is 0. The van der Waals surface area contributed by atoms with Crippen LogP contribution >= 0.6 is 0 Å². The number of carboxylic acid groups (broad SMARTS) is 1. The van der Waals surface area contributed by atoms with Crippen molar-refractivity contribution in [1.29, 1.82) is 0 Å². The Labute approximate surface area is 85.8 Å². The summed E-state index contributed by atoms with van der Waals surface area (Å²) < 4.78 is 0. The van der Waals surface area contributed by atoms with Crippen molar-refractivity contribution in [1.82, 2.24) is 15.2 Å². The number of carbonyl (C=O) groups is 1. The fraction of sp³-hybridized carbons (Fsp3) is 0.100. The summed E-state index contributed by atoms with van der Waals surface area (Å²) in [6.45, 7) is 1.98. The molecule has 1 heterocycles. The summed E-state index contributed by atoms with van der Waals surface area (Å²) in [7, 11) is 0. The van der Waals surface area contributed by atoms with Crippen molar-refractivity contribution in [3.05, 3.63) is 35.7 Å². The number of nitrogens with zero attached hydrogens (tertiary/aromatic N) is 2. The number of carboxylic acids is 1. The van der Waals surface area contributed by atoms with Gasteiger partial charge in [-0.05, 0) is 6.92 Å². The van der Waals surface area contributed by atoms with Gasteiger partial charge in [0.15, 0.2) is 5.82 Å². The van der Waals surface area contributed by atoms with Gasteiger partial charge in [-0.3, -0.25) is 5.10 Å². The molecule has 0 fully saturated rings. The molecule has 0 aliphatic heterocycles. The Morgan fingerprint density at radius 3 is 2.53 bits per heavy atom. The van der Waals surface area contributed by atoms with Gasteiger partial charge in [0.2, 0.25) is 5.82 Å². The quantitative estimate of drug-likeness (QED) is 0.774. The average molecular weight is 203 g/mol. The maximum absolute atomic E-state index is 10.6. The molecule has 0 bridgehead atoms. The topological polar surface area (TPSA) is 78.9 Å². The normalized spacial score (nSPS) is 10.2. The maximum atomic E-state index is 10.6. The SMILES string of the molecule is Cc1ccc(-c2n[nH]c(C(=O)O)n2)cc1. The second kappa shape index (κ2) is 3.53. The first-order valence-electron chi connectivity index (χ1n) is 4.39. The Morgan fingerprint density at radius 2 is 2.00 bits per heavy atom. The van der Waals surface area contributed by atoms with E-state index in [0.29, 0.717) is 5.82 Å². The number of hydrogen-bond acceptors (Lipinski definition) is 3. The van der Waals surface area contributed by atoms with Crippen molar-refractivity contribution in [2.75, 3.05) is 0 Å². The van der Waals surface area contributed by atoms with Crippen LogP contribution < -0.4 is 0 Å². The largest absolute Gasteiger partial charge is 0.475 e. The van der Waals surface area contributed by atoms with Crippen molar-refractivity contribution in [3.63, 3.8) is 0 Å². The van der Waals surface area contributed by atoms with Gasteiger partial charge in [-0.15, -0.1) is 0 Å². The first kappa shape index (κ1) is 9.39. The molecule has 2 aromatic rings. The highest BCUT2D eigenvalue weighted by Crippen LogP contribution is 2.14. The summed E-state index contributed by atoms with van der Waals surface area (Å²) in [6, 6.07) is 7.55. The zero-order valence-electron chi connectivity index (χ0n) is 8.06. The van der Waals surface area contributed by atoms with Gasteiger partial charge in [-0.25, -0.2) is 9.78 Å². The number of aromatic carboxylic acids is 1. The Kier molecular flexibility index (Phi) is 2.21. The van der Waals surface area contributed by atoms with Crippen LogP contribution in [0.15, 0.2) is 24.3 Å². The molecule has 2 rings (SSSR count). The maximum Gasteiger partial charge on any atom is 0.373 e. The minimum atomic E-state index is -1.11. The van der Waals surface area contributed by atoms with Crippen molar-refractivity contribution < 1.29 is 9.90 Å². The fourth-order valence-electron chi connectivity index (χ4n) is 1.19. The molecule has 0 aliphatic carbocycles. The molecular formula is C10H9N3O2. The molecule has 15 heavy (non-hydrogen) atoms. The molecule has 0 atom stereocenters. The van der Waals surface area contributed by atoms with Crippen LogP contribution in [-0.4, -0.2) is 26.3 Å². The second-order valence-corrected chi connectivity index (χ2v) is 3.18. The average Bonchev–Trinajstić information content (AvgIpc) is 2.68. The Hall–Kier alpha value is -2.17. The highest BCUT2D eigenvalue weighted by molar-refractivity contribution is 5.83.